The van der Waals surface area contributed by atoms with Crippen molar-refractivity contribution >= 4 is 17.6 Å². The number of aliphatic carboxylic acids is 1. The Morgan fingerprint density at radius 1 is 1.33 bits per heavy atom. The Balaban J connectivity index is 2.83. The van der Waals surface area contributed by atoms with Crippen LogP contribution in [0.5, 0.6) is 0 Å². The maximum absolute atomic E-state index is 10.9. The van der Waals surface area contributed by atoms with Gasteiger partial charge in [-0.05, 0) is 24.3 Å². The fraction of sp³-hybridized carbons (Fsp3) is 0.333. The summed E-state index contributed by atoms with van der Waals surface area (Å²) < 4.78 is 4.93. The fourth-order valence-electron chi connectivity index (χ4n) is 1.50. The molecule has 18 heavy (non-hydrogen) atoms. The van der Waals surface area contributed by atoms with Crippen molar-refractivity contribution in [1.82, 2.24) is 0 Å². The summed E-state index contributed by atoms with van der Waals surface area (Å²) in [6, 6.07) is 6.47. The van der Waals surface area contributed by atoms with Gasteiger partial charge in [-0.2, -0.15) is 0 Å². The summed E-state index contributed by atoms with van der Waals surface area (Å²) in [4.78, 5) is 23.3. The van der Waals surface area contributed by atoms with E-state index < -0.39 is 11.9 Å². The summed E-state index contributed by atoms with van der Waals surface area (Å²) in [7, 11) is 1.55. The lowest BCUT2D eigenvalue weighted by Gasteiger charge is -2.22. The molecule has 0 heterocycles. The summed E-state index contributed by atoms with van der Waals surface area (Å²) in [5.41, 5.74) is 6.23. The summed E-state index contributed by atoms with van der Waals surface area (Å²) in [6.07, 6.45) is 0. The number of carboxylic acid groups (broad SMARTS) is 1. The summed E-state index contributed by atoms with van der Waals surface area (Å²) in [5.74, 6) is -1.44. The van der Waals surface area contributed by atoms with Crippen LogP contribution in [0.4, 0.5) is 5.69 Å². The Morgan fingerprint density at radius 2 is 1.94 bits per heavy atom. The van der Waals surface area contributed by atoms with Crippen LogP contribution in [-0.4, -0.2) is 43.8 Å². The van der Waals surface area contributed by atoms with Gasteiger partial charge in [0.25, 0.3) is 0 Å². The van der Waals surface area contributed by atoms with Crippen LogP contribution in [0, 0.1) is 0 Å². The zero-order valence-electron chi connectivity index (χ0n) is 10.1. The first-order valence-corrected chi connectivity index (χ1v) is 5.40. The Hall–Kier alpha value is -2.08. The lowest BCUT2D eigenvalue weighted by molar-refractivity contribution is -0.135. The molecular formula is C12H16N2O4. The minimum Gasteiger partial charge on any atom is -0.480 e. The topological polar surface area (TPSA) is 92.9 Å². The quantitative estimate of drug-likeness (QED) is 0.729. The van der Waals surface area contributed by atoms with E-state index in [4.69, 9.17) is 15.6 Å². The van der Waals surface area contributed by atoms with Crippen molar-refractivity contribution in [2.45, 2.75) is 0 Å². The van der Waals surface area contributed by atoms with Crippen LogP contribution in [0.25, 0.3) is 0 Å². The van der Waals surface area contributed by atoms with E-state index in [1.807, 2.05) is 0 Å². The SMILES string of the molecule is COCCN(CC(=O)O)c1ccc(C(N)=O)cc1. The Morgan fingerprint density at radius 3 is 2.39 bits per heavy atom. The number of primary amides is 1. The van der Waals surface area contributed by atoms with Gasteiger partial charge in [0, 0.05) is 24.9 Å². The molecule has 1 aromatic rings. The zero-order chi connectivity index (χ0) is 13.5. The van der Waals surface area contributed by atoms with E-state index in [2.05, 4.69) is 0 Å². The number of amides is 1. The molecule has 0 bridgehead atoms. The zero-order valence-corrected chi connectivity index (χ0v) is 10.1. The van der Waals surface area contributed by atoms with Crippen molar-refractivity contribution in [2.24, 2.45) is 5.73 Å². The maximum Gasteiger partial charge on any atom is 0.323 e. The van der Waals surface area contributed by atoms with E-state index in [-0.39, 0.29) is 6.54 Å². The molecule has 98 valence electrons. The van der Waals surface area contributed by atoms with E-state index >= 15 is 0 Å². The summed E-state index contributed by atoms with van der Waals surface area (Å²) in [6.45, 7) is 0.753. The largest absolute Gasteiger partial charge is 0.480 e. The maximum atomic E-state index is 10.9. The van der Waals surface area contributed by atoms with Crippen molar-refractivity contribution in [3.05, 3.63) is 29.8 Å². The normalized spacial score (nSPS) is 10.1. The number of methoxy groups -OCH3 is 1. The van der Waals surface area contributed by atoms with Crippen LogP contribution in [0.15, 0.2) is 24.3 Å². The first-order valence-electron chi connectivity index (χ1n) is 5.40. The first-order chi connectivity index (χ1) is 8.54. The third-order valence-electron chi connectivity index (χ3n) is 2.41. The third-order valence-corrected chi connectivity index (χ3v) is 2.41. The van der Waals surface area contributed by atoms with Gasteiger partial charge < -0.3 is 20.5 Å². The average molecular weight is 252 g/mol. The molecule has 0 fully saturated rings. The molecule has 6 heteroatoms. The molecule has 1 rings (SSSR count). The predicted octanol–water partition coefficient (Wildman–Crippen LogP) is 0.323. The first kappa shape index (κ1) is 14.0. The lowest BCUT2D eigenvalue weighted by Crippen LogP contribution is -2.32. The van der Waals surface area contributed by atoms with Gasteiger partial charge in [0.1, 0.15) is 6.54 Å². The monoisotopic (exact) mass is 252 g/mol. The molecule has 0 aliphatic rings. The highest BCUT2D eigenvalue weighted by Gasteiger charge is 2.11. The van der Waals surface area contributed by atoms with E-state index in [0.717, 1.165) is 0 Å². The minimum atomic E-state index is -0.926. The van der Waals surface area contributed by atoms with Gasteiger partial charge in [-0.1, -0.05) is 0 Å². The molecule has 1 amide bonds. The summed E-state index contributed by atoms with van der Waals surface area (Å²) in [5, 5.41) is 8.83. The van der Waals surface area contributed by atoms with Crippen molar-refractivity contribution < 1.29 is 19.4 Å². The van der Waals surface area contributed by atoms with Crippen molar-refractivity contribution in [1.29, 1.82) is 0 Å². The molecule has 0 saturated carbocycles. The standard InChI is InChI=1S/C12H16N2O4/c1-18-7-6-14(8-11(15)16)10-4-2-9(3-5-10)12(13)17/h2-5H,6-8H2,1H3,(H2,13,17)(H,15,16). The number of hydrogen-bond donors (Lipinski definition) is 2. The number of carbonyl (C=O) groups excluding carboxylic acids is 1. The Kier molecular flexibility index (Phi) is 5.13. The van der Waals surface area contributed by atoms with Crippen LogP contribution in [0.1, 0.15) is 10.4 Å². The molecule has 0 radical (unpaired) electrons. The lowest BCUT2D eigenvalue weighted by atomic mass is 10.2. The molecule has 1 aromatic carbocycles. The highest BCUT2D eigenvalue weighted by Crippen LogP contribution is 2.14. The molecule has 3 N–H and O–H groups in total. The molecule has 0 aliphatic heterocycles. The van der Waals surface area contributed by atoms with Crippen molar-refractivity contribution in [3.63, 3.8) is 0 Å². The number of nitrogens with zero attached hydrogens (tertiary/aromatic N) is 1. The number of anilines is 1. The van der Waals surface area contributed by atoms with Crippen molar-refractivity contribution in [3.8, 4) is 0 Å². The average Bonchev–Trinajstić information content (AvgIpc) is 2.34. The number of carbonyl (C=O) groups is 2. The van der Waals surface area contributed by atoms with Gasteiger partial charge in [0.15, 0.2) is 0 Å². The number of ether oxygens (including phenoxy) is 1. The van der Waals surface area contributed by atoms with E-state index in [0.29, 0.717) is 24.4 Å². The smallest absolute Gasteiger partial charge is 0.323 e. The van der Waals surface area contributed by atoms with Gasteiger partial charge in [-0.15, -0.1) is 0 Å². The van der Waals surface area contributed by atoms with Crippen LogP contribution >= 0.6 is 0 Å². The highest BCUT2D eigenvalue weighted by atomic mass is 16.5. The van der Waals surface area contributed by atoms with E-state index in [1.54, 1.807) is 36.3 Å². The molecule has 0 unspecified atom stereocenters. The van der Waals surface area contributed by atoms with E-state index in [9.17, 15) is 9.59 Å². The van der Waals surface area contributed by atoms with Crippen LogP contribution in [-0.2, 0) is 9.53 Å². The third kappa shape index (κ3) is 4.06. The van der Waals surface area contributed by atoms with Crippen LogP contribution < -0.4 is 10.6 Å². The van der Waals surface area contributed by atoms with Gasteiger partial charge >= 0.3 is 5.97 Å². The van der Waals surface area contributed by atoms with Gasteiger partial charge in [-0.3, -0.25) is 9.59 Å². The van der Waals surface area contributed by atoms with E-state index in [1.165, 1.54) is 0 Å². The highest BCUT2D eigenvalue weighted by molar-refractivity contribution is 5.93. The van der Waals surface area contributed by atoms with Crippen LogP contribution in [0.3, 0.4) is 0 Å². The fourth-order valence-corrected chi connectivity index (χ4v) is 1.50. The van der Waals surface area contributed by atoms with Crippen LogP contribution in [0.2, 0.25) is 0 Å². The molecule has 0 spiro atoms. The van der Waals surface area contributed by atoms with Crippen molar-refractivity contribution in [2.75, 3.05) is 31.7 Å². The number of benzene rings is 1. The second-order valence-electron chi connectivity index (χ2n) is 3.72. The number of rotatable bonds is 7. The molecule has 0 aliphatic carbocycles. The minimum absolute atomic E-state index is 0.126. The Bertz CT molecular complexity index is 417. The molecule has 6 nitrogen and oxygen atoms in total. The number of hydrogen-bond acceptors (Lipinski definition) is 4. The second-order valence-corrected chi connectivity index (χ2v) is 3.72. The predicted molar refractivity (Wildman–Crippen MR) is 66.7 cm³/mol. The molecule has 0 saturated heterocycles. The summed E-state index contributed by atoms with van der Waals surface area (Å²) >= 11 is 0. The van der Waals surface area contributed by atoms with Gasteiger partial charge in [0.05, 0.1) is 6.61 Å². The molecular weight excluding hydrogens is 236 g/mol. The molecule has 0 atom stereocenters. The number of nitrogens with two attached hydrogens (primary N) is 1. The Labute approximate surface area is 105 Å². The second kappa shape index (κ2) is 6.61. The van der Waals surface area contributed by atoms with Gasteiger partial charge in [-0.25, -0.2) is 0 Å². The molecule has 0 aromatic heterocycles. The number of carboxylic acids is 1. The van der Waals surface area contributed by atoms with Gasteiger partial charge in [0.2, 0.25) is 5.91 Å².